The fourth-order valence-electron chi connectivity index (χ4n) is 3.40. The molecule has 1 aliphatic heterocycles. The second kappa shape index (κ2) is 9.45. The highest BCUT2D eigenvalue weighted by molar-refractivity contribution is 5.90. The van der Waals surface area contributed by atoms with Crippen LogP contribution in [0, 0.1) is 0 Å². The molecule has 1 aromatic heterocycles. The number of carbonyl (C=O) groups excluding carboxylic acids is 2. The minimum atomic E-state index is -0.244. The van der Waals surface area contributed by atoms with Gasteiger partial charge in [0.05, 0.1) is 0 Å². The molecular formula is C20H27N5O3. The molecule has 0 saturated carbocycles. The van der Waals surface area contributed by atoms with E-state index in [0.29, 0.717) is 25.3 Å². The van der Waals surface area contributed by atoms with Gasteiger partial charge in [0.25, 0.3) is 5.91 Å². The Morgan fingerprint density at radius 3 is 2.61 bits per heavy atom. The zero-order valence-corrected chi connectivity index (χ0v) is 16.4. The molecule has 0 aliphatic carbocycles. The molecule has 0 spiro atoms. The maximum Gasteiger partial charge on any atom is 0.289 e. The predicted octanol–water partition coefficient (Wildman–Crippen LogP) is 1.32. The molecule has 2 aromatic rings. The molecule has 0 bridgehead atoms. The van der Waals surface area contributed by atoms with Crippen molar-refractivity contribution in [2.75, 3.05) is 20.2 Å². The van der Waals surface area contributed by atoms with Crippen LogP contribution in [0.15, 0.2) is 30.3 Å². The number of hydrogen-bond donors (Lipinski definition) is 1. The van der Waals surface area contributed by atoms with Crippen molar-refractivity contribution >= 4 is 11.8 Å². The van der Waals surface area contributed by atoms with E-state index in [1.54, 1.807) is 14.2 Å². The zero-order valence-electron chi connectivity index (χ0n) is 16.4. The van der Waals surface area contributed by atoms with Gasteiger partial charge >= 0.3 is 0 Å². The number of nitrogens with zero attached hydrogens (tertiary/aromatic N) is 4. The first kappa shape index (κ1) is 20.0. The van der Waals surface area contributed by atoms with Crippen molar-refractivity contribution in [3.63, 3.8) is 0 Å². The van der Waals surface area contributed by atoms with Crippen LogP contribution >= 0.6 is 0 Å². The van der Waals surface area contributed by atoms with Crippen LogP contribution in [0.4, 0.5) is 0 Å². The third-order valence-electron chi connectivity index (χ3n) is 4.94. The number of rotatable bonds is 7. The van der Waals surface area contributed by atoms with Crippen LogP contribution < -0.4 is 5.32 Å². The van der Waals surface area contributed by atoms with E-state index in [0.717, 1.165) is 19.3 Å². The lowest BCUT2D eigenvalue weighted by Gasteiger charge is -2.32. The van der Waals surface area contributed by atoms with Crippen LogP contribution in [0.2, 0.25) is 0 Å². The van der Waals surface area contributed by atoms with E-state index in [4.69, 9.17) is 4.74 Å². The van der Waals surface area contributed by atoms with Crippen molar-refractivity contribution in [2.45, 2.75) is 38.3 Å². The van der Waals surface area contributed by atoms with Crippen molar-refractivity contribution in [3.8, 4) is 0 Å². The maximum atomic E-state index is 12.5. The third-order valence-corrected chi connectivity index (χ3v) is 4.94. The largest absolute Gasteiger partial charge is 0.377 e. The third kappa shape index (κ3) is 5.16. The van der Waals surface area contributed by atoms with Gasteiger partial charge in [0.15, 0.2) is 5.82 Å². The Labute approximate surface area is 164 Å². The smallest absolute Gasteiger partial charge is 0.289 e. The molecule has 150 valence electrons. The average Bonchev–Trinajstić information content (AvgIpc) is 3.08. The number of methoxy groups -OCH3 is 1. The molecule has 1 saturated heterocycles. The van der Waals surface area contributed by atoms with Crippen LogP contribution in [0.1, 0.15) is 41.3 Å². The molecule has 2 heterocycles. The lowest BCUT2D eigenvalue weighted by molar-refractivity contribution is -0.132. The second-order valence-electron chi connectivity index (χ2n) is 7.02. The Kier molecular flexibility index (Phi) is 6.76. The number of aromatic nitrogens is 3. The van der Waals surface area contributed by atoms with Gasteiger partial charge < -0.3 is 15.0 Å². The van der Waals surface area contributed by atoms with Gasteiger partial charge in [-0.2, -0.15) is 5.10 Å². The van der Waals surface area contributed by atoms with Gasteiger partial charge in [-0.25, -0.2) is 9.67 Å². The van der Waals surface area contributed by atoms with Crippen LogP contribution in [-0.4, -0.2) is 57.7 Å². The van der Waals surface area contributed by atoms with Crippen molar-refractivity contribution in [1.29, 1.82) is 0 Å². The summed E-state index contributed by atoms with van der Waals surface area (Å²) in [4.78, 5) is 31.0. The van der Waals surface area contributed by atoms with E-state index in [9.17, 15) is 9.59 Å². The van der Waals surface area contributed by atoms with E-state index < -0.39 is 0 Å². The molecule has 1 fully saturated rings. The van der Waals surface area contributed by atoms with Crippen molar-refractivity contribution in [2.24, 2.45) is 7.05 Å². The number of carbonyl (C=O) groups is 2. The predicted molar refractivity (Wildman–Crippen MR) is 104 cm³/mol. The van der Waals surface area contributed by atoms with Gasteiger partial charge in [0.1, 0.15) is 6.61 Å². The van der Waals surface area contributed by atoms with Gasteiger partial charge in [-0.15, -0.1) is 0 Å². The van der Waals surface area contributed by atoms with Crippen LogP contribution in [0.5, 0.6) is 0 Å². The number of likely N-dealkylation sites (tertiary alicyclic amines) is 1. The molecule has 8 heteroatoms. The fraction of sp³-hybridized carbons (Fsp3) is 0.500. The molecule has 1 N–H and O–H groups in total. The van der Waals surface area contributed by atoms with Crippen LogP contribution in [-0.2, 0) is 29.6 Å². The summed E-state index contributed by atoms with van der Waals surface area (Å²) in [5, 5.41) is 7.17. The van der Waals surface area contributed by atoms with E-state index >= 15 is 0 Å². The summed E-state index contributed by atoms with van der Waals surface area (Å²) in [7, 11) is 3.25. The molecule has 8 nitrogen and oxygen atoms in total. The second-order valence-corrected chi connectivity index (χ2v) is 7.02. The minimum absolute atomic E-state index is 0.0354. The summed E-state index contributed by atoms with van der Waals surface area (Å²) >= 11 is 0. The Balaban J connectivity index is 1.44. The minimum Gasteiger partial charge on any atom is -0.377 e. The number of hydrogen-bond acceptors (Lipinski definition) is 5. The lowest BCUT2D eigenvalue weighted by atomic mass is 10.0. The van der Waals surface area contributed by atoms with Crippen molar-refractivity contribution < 1.29 is 14.3 Å². The highest BCUT2D eigenvalue weighted by Crippen LogP contribution is 2.13. The van der Waals surface area contributed by atoms with Gasteiger partial charge in [-0.3, -0.25) is 9.59 Å². The van der Waals surface area contributed by atoms with E-state index in [-0.39, 0.29) is 30.3 Å². The molecule has 28 heavy (non-hydrogen) atoms. The highest BCUT2D eigenvalue weighted by atomic mass is 16.5. The Morgan fingerprint density at radius 1 is 1.21 bits per heavy atom. The van der Waals surface area contributed by atoms with Gasteiger partial charge in [-0.1, -0.05) is 30.3 Å². The monoisotopic (exact) mass is 385 g/mol. The van der Waals surface area contributed by atoms with E-state index in [2.05, 4.69) is 15.4 Å². The average molecular weight is 385 g/mol. The Morgan fingerprint density at radius 2 is 1.93 bits per heavy atom. The summed E-state index contributed by atoms with van der Waals surface area (Å²) in [6, 6.07) is 10.1. The van der Waals surface area contributed by atoms with Crippen molar-refractivity contribution in [3.05, 3.63) is 47.5 Å². The maximum absolute atomic E-state index is 12.5. The topological polar surface area (TPSA) is 89.4 Å². The first-order valence-corrected chi connectivity index (χ1v) is 9.58. The quantitative estimate of drug-likeness (QED) is 0.776. The number of aryl methyl sites for hydroxylation is 2. The highest BCUT2D eigenvalue weighted by Gasteiger charge is 2.25. The molecule has 1 aromatic carbocycles. The molecular weight excluding hydrogens is 358 g/mol. The van der Waals surface area contributed by atoms with E-state index in [1.165, 1.54) is 10.2 Å². The van der Waals surface area contributed by atoms with Gasteiger partial charge in [-0.05, 0) is 24.8 Å². The summed E-state index contributed by atoms with van der Waals surface area (Å²) in [6.07, 6.45) is 2.76. The lowest BCUT2D eigenvalue weighted by Crippen LogP contribution is -2.47. The standard InChI is InChI=1S/C20H27N5O3/c1-24-19(22-17(23-24)14-28-2)20(27)21-16-10-12-25(13-11-16)18(26)9-8-15-6-4-3-5-7-15/h3-7,16H,8-14H2,1-2H3,(H,21,27). The summed E-state index contributed by atoms with van der Waals surface area (Å²) in [5.41, 5.74) is 1.18. The molecule has 2 amide bonds. The molecule has 0 radical (unpaired) electrons. The number of benzene rings is 1. The summed E-state index contributed by atoms with van der Waals surface area (Å²) < 4.78 is 6.46. The van der Waals surface area contributed by atoms with Gasteiger partial charge in [0, 0.05) is 39.7 Å². The molecule has 1 aliphatic rings. The normalized spacial score (nSPS) is 14.9. The number of nitrogens with one attached hydrogen (secondary N) is 1. The first-order chi connectivity index (χ1) is 13.6. The molecule has 0 unspecified atom stereocenters. The number of amides is 2. The Hall–Kier alpha value is -2.74. The Bertz CT molecular complexity index is 797. The molecule has 3 rings (SSSR count). The van der Waals surface area contributed by atoms with E-state index in [1.807, 2.05) is 35.2 Å². The zero-order chi connectivity index (χ0) is 19.9. The number of piperidine rings is 1. The first-order valence-electron chi connectivity index (χ1n) is 9.58. The summed E-state index contributed by atoms with van der Waals surface area (Å²) in [5.74, 6) is 0.680. The summed E-state index contributed by atoms with van der Waals surface area (Å²) in [6.45, 7) is 1.59. The van der Waals surface area contributed by atoms with Crippen LogP contribution in [0.3, 0.4) is 0 Å². The SMILES string of the molecule is COCc1nc(C(=O)NC2CCN(C(=O)CCc3ccccc3)CC2)n(C)n1. The van der Waals surface area contributed by atoms with Crippen molar-refractivity contribution in [1.82, 2.24) is 25.0 Å². The number of ether oxygens (including phenoxy) is 1. The van der Waals surface area contributed by atoms with Crippen LogP contribution in [0.25, 0.3) is 0 Å². The fourth-order valence-corrected chi connectivity index (χ4v) is 3.40. The molecule has 0 atom stereocenters. The van der Waals surface area contributed by atoms with Gasteiger partial charge in [0.2, 0.25) is 11.7 Å².